The molecule has 1 saturated heterocycles. The molecule has 6 rings (SSSR count). The Kier molecular flexibility index (Phi) is 4.96. The maximum absolute atomic E-state index is 13.6. The SMILES string of the molecule is N#Cc1ccccc1S(=O)(=O)N1CC2CC(C1)c1c(-c3cc4ccccc4s3)ccc(=O)n1C2. The lowest BCUT2D eigenvalue weighted by atomic mass is 9.82. The summed E-state index contributed by atoms with van der Waals surface area (Å²) in [5, 5.41) is 10.6. The van der Waals surface area contributed by atoms with Crippen LogP contribution < -0.4 is 5.56 Å². The average Bonchev–Trinajstić information content (AvgIpc) is 3.28. The molecule has 2 aliphatic heterocycles. The molecule has 2 aliphatic rings. The van der Waals surface area contributed by atoms with Crippen LogP contribution in [0.5, 0.6) is 0 Å². The summed E-state index contributed by atoms with van der Waals surface area (Å²) in [6, 6.07) is 22.2. The molecule has 0 amide bonds. The summed E-state index contributed by atoms with van der Waals surface area (Å²) in [6.45, 7) is 1.13. The fourth-order valence-corrected chi connectivity index (χ4v) is 8.21. The van der Waals surface area contributed by atoms with Crippen LogP contribution in [-0.4, -0.2) is 30.4 Å². The van der Waals surface area contributed by atoms with Crippen LogP contribution in [-0.2, 0) is 16.6 Å². The Morgan fingerprint density at radius 3 is 2.59 bits per heavy atom. The van der Waals surface area contributed by atoms with Gasteiger partial charge in [-0.2, -0.15) is 9.57 Å². The molecule has 2 unspecified atom stereocenters. The van der Waals surface area contributed by atoms with Gasteiger partial charge in [-0.05, 0) is 48.1 Å². The fraction of sp³-hybridized carbons (Fsp3) is 0.231. The average molecular weight is 488 g/mol. The summed E-state index contributed by atoms with van der Waals surface area (Å²) in [7, 11) is -3.83. The van der Waals surface area contributed by atoms with Crippen molar-refractivity contribution in [1.29, 1.82) is 5.26 Å². The number of benzene rings is 2. The molecule has 6 nitrogen and oxygen atoms in total. The summed E-state index contributed by atoms with van der Waals surface area (Å²) >= 11 is 1.69. The Bertz CT molecular complexity index is 1610. The third-order valence-corrected chi connectivity index (χ3v) is 9.91. The van der Waals surface area contributed by atoms with Gasteiger partial charge in [0, 0.05) is 52.5 Å². The lowest BCUT2D eigenvalue weighted by molar-refractivity contribution is 0.187. The number of nitrogens with zero attached hydrogens (tertiary/aromatic N) is 3. The van der Waals surface area contributed by atoms with Crippen LogP contribution >= 0.6 is 11.3 Å². The number of aromatic nitrogens is 1. The van der Waals surface area contributed by atoms with Crippen LogP contribution in [0.4, 0.5) is 0 Å². The van der Waals surface area contributed by atoms with Crippen LogP contribution in [0.2, 0.25) is 0 Å². The first-order chi connectivity index (χ1) is 16.5. The lowest BCUT2D eigenvalue weighted by Crippen LogP contribution is -2.49. The Labute approximate surface area is 201 Å². The van der Waals surface area contributed by atoms with Crippen molar-refractivity contribution < 1.29 is 8.42 Å². The first kappa shape index (κ1) is 21.3. The zero-order valence-corrected chi connectivity index (χ0v) is 19.8. The van der Waals surface area contributed by atoms with E-state index in [0.717, 1.165) is 27.9 Å². The maximum atomic E-state index is 13.6. The smallest absolute Gasteiger partial charge is 0.250 e. The van der Waals surface area contributed by atoms with Gasteiger partial charge in [0.15, 0.2) is 0 Å². The van der Waals surface area contributed by atoms with Gasteiger partial charge in [0.25, 0.3) is 5.56 Å². The van der Waals surface area contributed by atoms with E-state index in [1.807, 2.05) is 28.8 Å². The van der Waals surface area contributed by atoms with Crippen LogP contribution in [0.15, 0.2) is 76.4 Å². The molecular weight excluding hydrogens is 466 g/mol. The summed E-state index contributed by atoms with van der Waals surface area (Å²) in [4.78, 5) is 14.0. The standard InChI is InChI=1S/C26H21N3O3S2/c27-13-19-6-2-4-8-24(19)34(31,32)28-14-17-11-20(16-28)26-21(9-10-25(30)29(26)15-17)23-12-18-5-1-3-7-22(18)33-23/h1-10,12,17,20H,11,14-16H2. The van der Waals surface area contributed by atoms with Crippen molar-refractivity contribution in [2.75, 3.05) is 13.1 Å². The van der Waals surface area contributed by atoms with Gasteiger partial charge < -0.3 is 4.57 Å². The number of thiophene rings is 1. The summed E-state index contributed by atoms with van der Waals surface area (Å²) < 4.78 is 31.7. The van der Waals surface area contributed by atoms with Gasteiger partial charge >= 0.3 is 0 Å². The molecule has 0 radical (unpaired) electrons. The molecule has 0 N–H and O–H groups in total. The molecule has 2 atom stereocenters. The van der Waals surface area contributed by atoms with Gasteiger partial charge in [0.2, 0.25) is 10.0 Å². The third-order valence-electron chi connectivity index (χ3n) is 6.87. The van der Waals surface area contributed by atoms with E-state index in [4.69, 9.17) is 0 Å². The maximum Gasteiger partial charge on any atom is 0.250 e. The highest BCUT2D eigenvalue weighted by Gasteiger charge is 2.41. The van der Waals surface area contributed by atoms with E-state index in [2.05, 4.69) is 18.2 Å². The van der Waals surface area contributed by atoms with Crippen LogP contribution in [0.3, 0.4) is 0 Å². The van der Waals surface area contributed by atoms with E-state index in [1.165, 1.54) is 21.1 Å². The molecule has 2 aromatic carbocycles. The molecule has 4 heterocycles. The summed E-state index contributed by atoms with van der Waals surface area (Å²) in [5.41, 5.74) is 2.03. The van der Waals surface area contributed by atoms with E-state index < -0.39 is 10.0 Å². The lowest BCUT2D eigenvalue weighted by Gasteiger charge is -2.42. The molecular formula is C26H21N3O3S2. The second-order valence-electron chi connectivity index (χ2n) is 8.96. The number of pyridine rings is 1. The van der Waals surface area contributed by atoms with Crippen molar-refractivity contribution in [3.8, 4) is 16.5 Å². The predicted octanol–water partition coefficient (Wildman–Crippen LogP) is 4.41. The summed E-state index contributed by atoms with van der Waals surface area (Å²) in [6.07, 6.45) is 0.841. The number of nitriles is 1. The van der Waals surface area contributed by atoms with Crippen molar-refractivity contribution in [2.24, 2.45) is 5.92 Å². The monoisotopic (exact) mass is 487 g/mol. The molecule has 1 fully saturated rings. The number of hydrogen-bond acceptors (Lipinski definition) is 5. The first-order valence-corrected chi connectivity index (χ1v) is 13.4. The number of fused-ring (bicyclic) bond motifs is 5. The fourth-order valence-electron chi connectivity index (χ4n) is 5.41. The second-order valence-corrected chi connectivity index (χ2v) is 11.9. The molecule has 0 saturated carbocycles. The predicted molar refractivity (Wildman–Crippen MR) is 132 cm³/mol. The molecule has 170 valence electrons. The third kappa shape index (κ3) is 3.31. The molecule has 2 bridgehead atoms. The highest BCUT2D eigenvalue weighted by molar-refractivity contribution is 7.89. The van der Waals surface area contributed by atoms with E-state index in [-0.39, 0.29) is 27.9 Å². The van der Waals surface area contributed by atoms with Crippen LogP contribution in [0, 0.1) is 17.2 Å². The minimum atomic E-state index is -3.83. The Balaban J connectivity index is 1.45. The zero-order valence-electron chi connectivity index (χ0n) is 18.2. The molecule has 0 aliphatic carbocycles. The molecule has 2 aromatic heterocycles. The largest absolute Gasteiger partial charge is 0.311 e. The van der Waals surface area contributed by atoms with Gasteiger partial charge in [-0.1, -0.05) is 30.3 Å². The quantitative estimate of drug-likeness (QED) is 0.429. The molecule has 0 spiro atoms. The minimum Gasteiger partial charge on any atom is -0.311 e. The first-order valence-electron chi connectivity index (χ1n) is 11.2. The highest BCUT2D eigenvalue weighted by atomic mass is 32.2. The van der Waals surface area contributed by atoms with Crippen LogP contribution in [0.25, 0.3) is 20.5 Å². The molecule has 8 heteroatoms. The molecule has 4 aromatic rings. The Morgan fingerprint density at radius 2 is 1.76 bits per heavy atom. The van der Waals surface area contributed by atoms with Gasteiger partial charge in [-0.25, -0.2) is 8.42 Å². The topological polar surface area (TPSA) is 83.2 Å². The van der Waals surface area contributed by atoms with Crippen molar-refractivity contribution >= 4 is 31.4 Å². The highest BCUT2D eigenvalue weighted by Crippen LogP contribution is 2.43. The van der Waals surface area contributed by atoms with Crippen molar-refractivity contribution in [1.82, 2.24) is 8.87 Å². The number of rotatable bonds is 3. The Hall–Kier alpha value is -3.25. The number of sulfonamides is 1. The van der Waals surface area contributed by atoms with E-state index in [1.54, 1.807) is 29.5 Å². The van der Waals surface area contributed by atoms with E-state index >= 15 is 0 Å². The Morgan fingerprint density at radius 1 is 0.971 bits per heavy atom. The van der Waals surface area contributed by atoms with Gasteiger partial charge in [0.1, 0.15) is 6.07 Å². The minimum absolute atomic E-state index is 0.0410. The van der Waals surface area contributed by atoms with Crippen molar-refractivity contribution in [2.45, 2.75) is 23.8 Å². The van der Waals surface area contributed by atoms with E-state index in [9.17, 15) is 18.5 Å². The van der Waals surface area contributed by atoms with Crippen molar-refractivity contribution in [3.05, 3.63) is 88.3 Å². The zero-order chi connectivity index (χ0) is 23.4. The van der Waals surface area contributed by atoms with Gasteiger partial charge in [-0.15, -0.1) is 11.3 Å². The number of piperidine rings is 1. The van der Waals surface area contributed by atoms with Crippen LogP contribution in [0.1, 0.15) is 23.6 Å². The second kappa shape index (κ2) is 7.91. The van der Waals surface area contributed by atoms with Gasteiger partial charge in [0.05, 0.1) is 10.5 Å². The number of hydrogen-bond donors (Lipinski definition) is 0. The van der Waals surface area contributed by atoms with Crippen molar-refractivity contribution in [3.63, 3.8) is 0 Å². The van der Waals surface area contributed by atoms with E-state index in [0.29, 0.717) is 19.6 Å². The normalized spacial score (nSPS) is 20.1. The summed E-state index contributed by atoms with van der Waals surface area (Å²) in [5.74, 6) is -0.0451. The van der Waals surface area contributed by atoms with Gasteiger partial charge in [-0.3, -0.25) is 4.79 Å². The molecule has 34 heavy (non-hydrogen) atoms.